The van der Waals surface area contributed by atoms with E-state index in [0.29, 0.717) is 13.0 Å². The summed E-state index contributed by atoms with van der Waals surface area (Å²) in [5.41, 5.74) is 0. The first-order chi connectivity index (χ1) is 14.3. The molecule has 29 heavy (non-hydrogen) atoms. The van der Waals surface area contributed by atoms with Crippen molar-refractivity contribution in [2.24, 2.45) is 5.92 Å². The fourth-order valence-electron chi connectivity index (χ4n) is 4.22. The Bertz CT molecular complexity index is 370. The molecular weight excluding hydrogens is 360 g/mol. The van der Waals surface area contributed by atoms with Crippen LogP contribution in [0.5, 0.6) is 0 Å². The van der Waals surface area contributed by atoms with Crippen LogP contribution in [0.4, 0.5) is 0 Å². The zero-order chi connectivity index (χ0) is 21.0. The molecule has 1 aliphatic heterocycles. The summed E-state index contributed by atoms with van der Waals surface area (Å²) in [5, 5.41) is 3.54. The number of carbonyl (C=O) groups excluding carboxylic acids is 1. The van der Waals surface area contributed by atoms with Gasteiger partial charge in [0.1, 0.15) is 0 Å². The van der Waals surface area contributed by atoms with E-state index in [2.05, 4.69) is 24.1 Å². The molecule has 172 valence electrons. The number of esters is 1. The van der Waals surface area contributed by atoms with Crippen molar-refractivity contribution in [3.05, 3.63) is 0 Å². The molecule has 1 rings (SSSR count). The van der Waals surface area contributed by atoms with Crippen molar-refractivity contribution in [3.63, 3.8) is 0 Å². The number of ether oxygens (including phenoxy) is 1. The molecule has 1 atom stereocenters. The summed E-state index contributed by atoms with van der Waals surface area (Å²) in [6.45, 7) is 10.9. The molecule has 4 nitrogen and oxygen atoms in total. The molecule has 0 aromatic heterocycles. The molecule has 1 unspecified atom stereocenters. The van der Waals surface area contributed by atoms with Crippen LogP contribution in [0.3, 0.4) is 0 Å². The molecule has 1 aliphatic rings. The van der Waals surface area contributed by atoms with E-state index in [1.807, 2.05) is 0 Å². The molecule has 0 aromatic carbocycles. The van der Waals surface area contributed by atoms with Crippen molar-refractivity contribution in [2.45, 2.75) is 110 Å². The Labute approximate surface area is 181 Å². The fourth-order valence-corrected chi connectivity index (χ4v) is 4.22. The maximum atomic E-state index is 11.9. The minimum absolute atomic E-state index is 0.00606. The largest absolute Gasteiger partial charge is 0.466 e. The van der Waals surface area contributed by atoms with Crippen LogP contribution < -0.4 is 5.32 Å². The second-order valence-corrected chi connectivity index (χ2v) is 9.00. The Morgan fingerprint density at radius 3 is 2.31 bits per heavy atom. The first kappa shape index (κ1) is 26.4. The summed E-state index contributed by atoms with van der Waals surface area (Å²) < 4.78 is 5.36. The molecular formula is C25H50N2O2. The van der Waals surface area contributed by atoms with Crippen molar-refractivity contribution in [3.8, 4) is 0 Å². The minimum Gasteiger partial charge on any atom is -0.466 e. The zero-order valence-electron chi connectivity index (χ0n) is 19.7. The topological polar surface area (TPSA) is 41.6 Å². The van der Waals surface area contributed by atoms with Gasteiger partial charge in [-0.05, 0) is 77.2 Å². The summed E-state index contributed by atoms with van der Waals surface area (Å²) in [7, 11) is 0. The third kappa shape index (κ3) is 15.8. The van der Waals surface area contributed by atoms with E-state index in [9.17, 15) is 4.79 Å². The highest BCUT2D eigenvalue weighted by Crippen LogP contribution is 2.15. The highest BCUT2D eigenvalue weighted by molar-refractivity contribution is 5.69. The van der Waals surface area contributed by atoms with Gasteiger partial charge in [0, 0.05) is 6.42 Å². The zero-order valence-corrected chi connectivity index (χ0v) is 19.7. The molecule has 0 aromatic rings. The monoisotopic (exact) mass is 410 g/mol. The first-order valence-corrected chi connectivity index (χ1v) is 12.8. The predicted octanol–water partition coefficient (Wildman–Crippen LogP) is 5.94. The molecule has 1 N–H and O–H groups in total. The third-order valence-electron chi connectivity index (χ3n) is 6.20. The van der Waals surface area contributed by atoms with Crippen LogP contribution in [-0.4, -0.2) is 50.2 Å². The van der Waals surface area contributed by atoms with Crippen LogP contribution in [0.1, 0.15) is 110 Å². The highest BCUT2D eigenvalue weighted by Gasteiger charge is 2.15. The minimum atomic E-state index is -0.00606. The smallest absolute Gasteiger partial charge is 0.305 e. The Kier molecular flexibility index (Phi) is 17.6. The van der Waals surface area contributed by atoms with Crippen LogP contribution >= 0.6 is 0 Å². The third-order valence-corrected chi connectivity index (χ3v) is 6.20. The average molecular weight is 411 g/mol. The number of piperidine rings is 1. The molecule has 0 aliphatic carbocycles. The maximum absolute atomic E-state index is 11.9. The van der Waals surface area contributed by atoms with E-state index in [1.54, 1.807) is 0 Å². The van der Waals surface area contributed by atoms with Gasteiger partial charge in [-0.3, -0.25) is 4.79 Å². The molecule has 0 radical (unpaired) electrons. The van der Waals surface area contributed by atoms with Gasteiger partial charge in [0.15, 0.2) is 0 Å². The van der Waals surface area contributed by atoms with Crippen molar-refractivity contribution < 1.29 is 9.53 Å². The lowest BCUT2D eigenvalue weighted by Gasteiger charge is -2.27. The molecule has 0 amide bonds. The van der Waals surface area contributed by atoms with E-state index in [4.69, 9.17) is 4.74 Å². The lowest BCUT2D eigenvalue weighted by atomic mass is 9.96. The molecule has 0 saturated carbocycles. The summed E-state index contributed by atoms with van der Waals surface area (Å²) >= 11 is 0. The van der Waals surface area contributed by atoms with Gasteiger partial charge in [-0.1, -0.05) is 65.2 Å². The quantitative estimate of drug-likeness (QED) is 0.211. The molecule has 1 saturated heterocycles. The van der Waals surface area contributed by atoms with E-state index in [-0.39, 0.29) is 5.97 Å². The molecule has 1 heterocycles. The van der Waals surface area contributed by atoms with Gasteiger partial charge in [-0.15, -0.1) is 0 Å². The second-order valence-electron chi connectivity index (χ2n) is 9.00. The van der Waals surface area contributed by atoms with Gasteiger partial charge in [-0.2, -0.15) is 0 Å². The van der Waals surface area contributed by atoms with Crippen LogP contribution in [0.2, 0.25) is 0 Å². The average Bonchev–Trinajstić information content (AvgIpc) is 2.74. The molecule has 4 heteroatoms. The van der Waals surface area contributed by atoms with Crippen molar-refractivity contribution in [1.82, 2.24) is 10.2 Å². The van der Waals surface area contributed by atoms with Gasteiger partial charge in [0.25, 0.3) is 0 Å². The van der Waals surface area contributed by atoms with E-state index < -0.39 is 0 Å². The first-order valence-electron chi connectivity index (χ1n) is 12.8. The van der Waals surface area contributed by atoms with Crippen molar-refractivity contribution >= 4 is 5.97 Å². The number of carbonyl (C=O) groups is 1. The number of rotatable bonds is 19. The summed E-state index contributed by atoms with van der Waals surface area (Å²) in [4.78, 5) is 14.5. The number of hydrogen-bond donors (Lipinski definition) is 1. The van der Waals surface area contributed by atoms with Gasteiger partial charge < -0.3 is 15.0 Å². The van der Waals surface area contributed by atoms with Gasteiger partial charge in [0.2, 0.25) is 0 Å². The Morgan fingerprint density at radius 2 is 1.59 bits per heavy atom. The summed E-state index contributed by atoms with van der Waals surface area (Å²) in [6.07, 6.45) is 18.4. The fraction of sp³-hybridized carbons (Fsp3) is 0.960. The highest BCUT2D eigenvalue weighted by atomic mass is 16.5. The van der Waals surface area contributed by atoms with Crippen molar-refractivity contribution in [1.29, 1.82) is 0 Å². The molecule has 0 spiro atoms. The predicted molar refractivity (Wildman–Crippen MR) is 124 cm³/mol. The Hall–Kier alpha value is -0.610. The van der Waals surface area contributed by atoms with Crippen LogP contribution in [-0.2, 0) is 9.53 Å². The van der Waals surface area contributed by atoms with Crippen LogP contribution in [0, 0.1) is 5.92 Å². The number of unbranched alkanes of at least 4 members (excludes halogenated alkanes) is 8. The van der Waals surface area contributed by atoms with E-state index in [0.717, 1.165) is 31.7 Å². The van der Waals surface area contributed by atoms with Crippen LogP contribution in [0.25, 0.3) is 0 Å². The number of nitrogens with one attached hydrogen (secondary N) is 1. The van der Waals surface area contributed by atoms with E-state index in [1.165, 1.54) is 96.8 Å². The van der Waals surface area contributed by atoms with Gasteiger partial charge in [0.05, 0.1) is 6.61 Å². The molecule has 0 bridgehead atoms. The van der Waals surface area contributed by atoms with E-state index >= 15 is 0 Å². The standard InChI is InChI=1S/C25H50N2O2/c1-3-5-7-8-9-10-11-19-27(21-17-24-15-13-18-26-23-24)20-14-16-25(28)29-22-12-6-4-2/h24,26H,3-23H2,1-2H3. The van der Waals surface area contributed by atoms with Crippen LogP contribution in [0.15, 0.2) is 0 Å². The lowest BCUT2D eigenvalue weighted by molar-refractivity contribution is -0.143. The van der Waals surface area contributed by atoms with Gasteiger partial charge >= 0.3 is 5.97 Å². The number of hydrogen-bond acceptors (Lipinski definition) is 4. The normalized spacial score (nSPS) is 17.0. The Balaban J connectivity index is 2.21. The SMILES string of the molecule is CCCCCCCCCN(CCCC(=O)OCCCCC)CCC1CCCNC1. The second kappa shape index (κ2) is 19.4. The Morgan fingerprint density at radius 1 is 0.897 bits per heavy atom. The molecule has 1 fully saturated rings. The lowest BCUT2D eigenvalue weighted by Crippen LogP contribution is -2.34. The van der Waals surface area contributed by atoms with Crippen molar-refractivity contribution in [2.75, 3.05) is 39.3 Å². The number of nitrogens with zero attached hydrogens (tertiary/aromatic N) is 1. The summed E-state index contributed by atoms with van der Waals surface area (Å²) in [5.74, 6) is 0.831. The maximum Gasteiger partial charge on any atom is 0.305 e. The van der Waals surface area contributed by atoms with Gasteiger partial charge in [-0.25, -0.2) is 0 Å². The summed E-state index contributed by atoms with van der Waals surface area (Å²) in [6, 6.07) is 0.